The van der Waals surface area contributed by atoms with Crippen LogP contribution in [-0.4, -0.2) is 15.6 Å². The molecule has 0 fully saturated rings. The number of halogens is 2. The molecule has 0 aliphatic heterocycles. The molecule has 3 aromatic rings. The third-order valence-corrected chi connectivity index (χ3v) is 4.61. The van der Waals surface area contributed by atoms with Crippen LogP contribution in [0.1, 0.15) is 12.1 Å². The molecule has 0 aliphatic carbocycles. The van der Waals surface area contributed by atoms with Crippen molar-refractivity contribution in [1.29, 1.82) is 0 Å². The van der Waals surface area contributed by atoms with E-state index in [1.54, 1.807) is 6.07 Å². The van der Waals surface area contributed by atoms with Gasteiger partial charge in [0.1, 0.15) is 0 Å². The average molecular weight is 360 g/mol. The minimum absolute atomic E-state index is 0.0520. The van der Waals surface area contributed by atoms with E-state index in [0.29, 0.717) is 16.5 Å². The van der Waals surface area contributed by atoms with Gasteiger partial charge in [0, 0.05) is 5.69 Å². The van der Waals surface area contributed by atoms with E-state index in [9.17, 15) is 4.79 Å². The fraction of sp³-hybridized carbons (Fsp3) is 0.105. The van der Waals surface area contributed by atoms with E-state index in [1.807, 2.05) is 59.2 Å². The number of rotatable bonds is 5. The first kappa shape index (κ1) is 16.6. The minimum atomic E-state index is -0.832. The summed E-state index contributed by atoms with van der Waals surface area (Å²) < 4.78 is 1.98. The van der Waals surface area contributed by atoms with E-state index in [-0.39, 0.29) is 6.42 Å². The monoisotopic (exact) mass is 359 g/mol. The second-order valence-electron chi connectivity index (χ2n) is 5.38. The number of carboxylic acids is 1. The maximum absolute atomic E-state index is 11.0. The molecule has 0 aliphatic rings. The van der Waals surface area contributed by atoms with Gasteiger partial charge in [-0.1, -0.05) is 59.6 Å². The van der Waals surface area contributed by atoms with Crippen LogP contribution in [-0.2, 0) is 11.2 Å². The molecule has 0 spiro atoms. The number of benzene rings is 2. The Kier molecular flexibility index (Phi) is 4.93. The van der Waals surface area contributed by atoms with Crippen molar-refractivity contribution in [2.24, 2.45) is 0 Å². The van der Waals surface area contributed by atoms with E-state index in [4.69, 9.17) is 28.3 Å². The van der Waals surface area contributed by atoms with Crippen molar-refractivity contribution in [3.8, 4) is 16.9 Å². The zero-order valence-electron chi connectivity index (χ0n) is 12.7. The Morgan fingerprint density at radius 3 is 2.42 bits per heavy atom. The van der Waals surface area contributed by atoms with Crippen molar-refractivity contribution in [3.05, 3.63) is 76.4 Å². The van der Waals surface area contributed by atoms with Crippen LogP contribution in [0.15, 0.2) is 60.7 Å². The molecule has 3 rings (SSSR count). The van der Waals surface area contributed by atoms with Gasteiger partial charge in [-0.15, -0.1) is 0 Å². The molecule has 2 aromatic carbocycles. The molecule has 1 heterocycles. The van der Waals surface area contributed by atoms with Gasteiger partial charge in [-0.25, -0.2) is 0 Å². The molecule has 3 nitrogen and oxygen atoms in total. The van der Waals surface area contributed by atoms with Gasteiger partial charge in [0.05, 0.1) is 27.8 Å². The van der Waals surface area contributed by atoms with Crippen molar-refractivity contribution in [2.45, 2.75) is 12.8 Å². The summed E-state index contributed by atoms with van der Waals surface area (Å²) in [5.74, 6) is -0.832. The van der Waals surface area contributed by atoms with Gasteiger partial charge in [0.25, 0.3) is 0 Å². The van der Waals surface area contributed by atoms with E-state index in [2.05, 4.69) is 0 Å². The Morgan fingerprint density at radius 2 is 1.71 bits per heavy atom. The number of hydrogen-bond acceptors (Lipinski definition) is 1. The van der Waals surface area contributed by atoms with Gasteiger partial charge in [0.15, 0.2) is 0 Å². The largest absolute Gasteiger partial charge is 0.481 e. The van der Waals surface area contributed by atoms with E-state index < -0.39 is 5.97 Å². The standard InChI is InChI=1S/C19H15Cl2NO2/c20-15-7-4-8-17(19(15)21)22-14(10-12-18(23)24)9-11-16(22)13-5-2-1-3-6-13/h1-9,11H,10,12H2,(H,23,24). The van der Waals surface area contributed by atoms with Gasteiger partial charge in [-0.3, -0.25) is 4.79 Å². The average Bonchev–Trinajstić information content (AvgIpc) is 3.00. The van der Waals surface area contributed by atoms with Crippen molar-refractivity contribution in [2.75, 3.05) is 0 Å². The Morgan fingerprint density at radius 1 is 0.958 bits per heavy atom. The van der Waals surface area contributed by atoms with Crippen LogP contribution in [0.5, 0.6) is 0 Å². The molecule has 122 valence electrons. The quantitative estimate of drug-likeness (QED) is 0.656. The summed E-state index contributed by atoms with van der Waals surface area (Å²) in [4.78, 5) is 11.0. The Balaban J connectivity index is 2.18. The molecule has 0 unspecified atom stereocenters. The second-order valence-corrected chi connectivity index (χ2v) is 6.16. The number of hydrogen-bond donors (Lipinski definition) is 1. The number of carboxylic acid groups (broad SMARTS) is 1. The zero-order chi connectivity index (χ0) is 17.1. The molecule has 5 heteroatoms. The lowest BCUT2D eigenvalue weighted by atomic mass is 10.1. The molecular weight excluding hydrogens is 345 g/mol. The maximum atomic E-state index is 11.0. The summed E-state index contributed by atoms with van der Waals surface area (Å²) in [6.45, 7) is 0. The Labute approximate surface area is 150 Å². The summed E-state index contributed by atoms with van der Waals surface area (Å²) in [5.41, 5.74) is 3.59. The lowest BCUT2D eigenvalue weighted by Gasteiger charge is -2.16. The van der Waals surface area contributed by atoms with Crippen LogP contribution >= 0.6 is 23.2 Å². The highest BCUT2D eigenvalue weighted by Crippen LogP contribution is 2.34. The second kappa shape index (κ2) is 7.12. The smallest absolute Gasteiger partial charge is 0.303 e. The molecule has 0 saturated heterocycles. The number of nitrogens with zero attached hydrogens (tertiary/aromatic N) is 1. The van der Waals surface area contributed by atoms with Gasteiger partial charge in [0.2, 0.25) is 0 Å². The van der Waals surface area contributed by atoms with Crippen LogP contribution in [0.2, 0.25) is 10.0 Å². The van der Waals surface area contributed by atoms with E-state index in [0.717, 1.165) is 22.6 Å². The van der Waals surface area contributed by atoms with Crippen LogP contribution in [0.25, 0.3) is 16.9 Å². The summed E-state index contributed by atoms with van der Waals surface area (Å²) in [6.07, 6.45) is 0.460. The van der Waals surface area contributed by atoms with Crippen molar-refractivity contribution >= 4 is 29.2 Å². The lowest BCUT2D eigenvalue weighted by molar-refractivity contribution is -0.136. The van der Waals surface area contributed by atoms with Crippen molar-refractivity contribution in [3.63, 3.8) is 0 Å². The van der Waals surface area contributed by atoms with Gasteiger partial charge in [-0.05, 0) is 36.2 Å². The molecule has 0 atom stereocenters. The van der Waals surface area contributed by atoms with Gasteiger partial charge >= 0.3 is 5.97 Å². The zero-order valence-corrected chi connectivity index (χ0v) is 14.3. The summed E-state index contributed by atoms with van der Waals surface area (Å²) >= 11 is 12.6. The predicted molar refractivity (Wildman–Crippen MR) is 97.2 cm³/mol. The molecule has 0 bridgehead atoms. The lowest BCUT2D eigenvalue weighted by Crippen LogP contribution is -2.06. The molecule has 24 heavy (non-hydrogen) atoms. The molecular formula is C19H15Cl2NO2. The van der Waals surface area contributed by atoms with Crippen molar-refractivity contribution < 1.29 is 9.90 Å². The SMILES string of the molecule is O=C(O)CCc1ccc(-c2ccccc2)n1-c1cccc(Cl)c1Cl. The Hall–Kier alpha value is -2.23. The molecule has 0 saturated carbocycles. The van der Waals surface area contributed by atoms with Crippen LogP contribution in [0.3, 0.4) is 0 Å². The number of carbonyl (C=O) groups is 1. The van der Waals surface area contributed by atoms with Gasteiger partial charge < -0.3 is 9.67 Å². The maximum Gasteiger partial charge on any atom is 0.303 e. The summed E-state index contributed by atoms with van der Waals surface area (Å²) in [6, 6.07) is 19.2. The highest BCUT2D eigenvalue weighted by molar-refractivity contribution is 6.43. The van der Waals surface area contributed by atoms with E-state index >= 15 is 0 Å². The van der Waals surface area contributed by atoms with Crippen molar-refractivity contribution in [1.82, 2.24) is 4.57 Å². The van der Waals surface area contributed by atoms with Crippen LogP contribution in [0.4, 0.5) is 0 Å². The first-order valence-corrected chi connectivity index (χ1v) is 8.25. The number of aromatic nitrogens is 1. The Bertz CT molecular complexity index is 872. The van der Waals surface area contributed by atoms with Crippen LogP contribution in [0, 0.1) is 0 Å². The number of aliphatic carboxylic acids is 1. The third kappa shape index (κ3) is 3.32. The van der Waals surface area contributed by atoms with E-state index in [1.165, 1.54) is 0 Å². The first-order valence-electron chi connectivity index (χ1n) is 7.50. The van der Waals surface area contributed by atoms with Gasteiger partial charge in [-0.2, -0.15) is 0 Å². The molecule has 1 N–H and O–H groups in total. The molecule has 0 amide bonds. The molecule has 1 aromatic heterocycles. The molecule has 0 radical (unpaired) electrons. The first-order chi connectivity index (χ1) is 11.6. The third-order valence-electron chi connectivity index (χ3n) is 3.80. The highest BCUT2D eigenvalue weighted by Gasteiger charge is 2.16. The number of aryl methyl sites for hydroxylation is 1. The summed E-state index contributed by atoms with van der Waals surface area (Å²) in [7, 11) is 0. The normalized spacial score (nSPS) is 10.8. The fourth-order valence-electron chi connectivity index (χ4n) is 2.69. The predicted octanol–water partition coefficient (Wildman–Crippen LogP) is 5.47. The fourth-order valence-corrected chi connectivity index (χ4v) is 3.07. The topological polar surface area (TPSA) is 42.2 Å². The highest BCUT2D eigenvalue weighted by atomic mass is 35.5. The summed E-state index contributed by atoms with van der Waals surface area (Å²) in [5, 5.41) is 9.91. The van der Waals surface area contributed by atoms with Crippen LogP contribution < -0.4 is 0 Å². The minimum Gasteiger partial charge on any atom is -0.481 e.